The van der Waals surface area contributed by atoms with Gasteiger partial charge < -0.3 is 10.1 Å². The van der Waals surface area contributed by atoms with Crippen molar-refractivity contribution in [3.05, 3.63) is 64.2 Å². The Morgan fingerprint density at radius 3 is 2.28 bits per heavy atom. The molecule has 2 unspecified atom stereocenters. The number of hydrogen-bond donors (Lipinski definition) is 1. The summed E-state index contributed by atoms with van der Waals surface area (Å²) in [5.74, 6) is 0.690. The Morgan fingerprint density at radius 2 is 1.64 bits per heavy atom. The highest BCUT2D eigenvalue weighted by Gasteiger charge is 2.22. The lowest BCUT2D eigenvalue weighted by molar-refractivity contribution is -0.128. The Labute approximate surface area is 151 Å². The monoisotopic (exact) mass is 339 g/mol. The van der Waals surface area contributed by atoms with Gasteiger partial charge in [0, 0.05) is 0 Å². The summed E-state index contributed by atoms with van der Waals surface area (Å²) in [5.41, 5.74) is 5.90. The van der Waals surface area contributed by atoms with E-state index in [-0.39, 0.29) is 11.9 Å². The lowest BCUT2D eigenvalue weighted by atomic mass is 9.96. The molecule has 0 aliphatic carbocycles. The molecular weight excluding hydrogens is 310 g/mol. The van der Waals surface area contributed by atoms with Crippen LogP contribution in [0.3, 0.4) is 0 Å². The first-order chi connectivity index (χ1) is 11.8. The summed E-state index contributed by atoms with van der Waals surface area (Å²) in [4.78, 5) is 12.7. The first-order valence-electron chi connectivity index (χ1n) is 8.93. The van der Waals surface area contributed by atoms with Crippen molar-refractivity contribution in [2.45, 2.75) is 60.1 Å². The highest BCUT2D eigenvalue weighted by Crippen LogP contribution is 2.23. The number of carbonyl (C=O) groups is 1. The second kappa shape index (κ2) is 8.19. The third-order valence-corrected chi connectivity index (χ3v) is 4.73. The molecular formula is C22H29NO2. The van der Waals surface area contributed by atoms with Crippen molar-refractivity contribution in [1.29, 1.82) is 0 Å². The first kappa shape index (κ1) is 19.0. The molecule has 0 fully saturated rings. The molecule has 0 saturated heterocycles. The Kier molecular flexibility index (Phi) is 6.24. The van der Waals surface area contributed by atoms with Gasteiger partial charge >= 0.3 is 0 Å². The van der Waals surface area contributed by atoms with Crippen LogP contribution in [0.15, 0.2) is 36.4 Å². The highest BCUT2D eigenvalue weighted by atomic mass is 16.5. The van der Waals surface area contributed by atoms with Crippen LogP contribution in [-0.2, 0) is 4.79 Å². The van der Waals surface area contributed by atoms with Crippen molar-refractivity contribution in [3.63, 3.8) is 0 Å². The van der Waals surface area contributed by atoms with Crippen LogP contribution < -0.4 is 10.1 Å². The van der Waals surface area contributed by atoms with Crippen molar-refractivity contribution in [1.82, 2.24) is 5.32 Å². The predicted molar refractivity (Wildman–Crippen MR) is 103 cm³/mol. The van der Waals surface area contributed by atoms with Gasteiger partial charge in [0.25, 0.3) is 5.91 Å². The average Bonchev–Trinajstić information content (AvgIpc) is 2.57. The molecule has 2 aromatic rings. The van der Waals surface area contributed by atoms with Crippen LogP contribution in [0.1, 0.15) is 54.1 Å². The lowest BCUT2D eigenvalue weighted by Gasteiger charge is -2.23. The van der Waals surface area contributed by atoms with Gasteiger partial charge in [0.05, 0.1) is 6.04 Å². The van der Waals surface area contributed by atoms with Crippen LogP contribution in [-0.4, -0.2) is 12.0 Å². The van der Waals surface area contributed by atoms with Crippen LogP contribution >= 0.6 is 0 Å². The lowest BCUT2D eigenvalue weighted by Crippen LogP contribution is -2.39. The van der Waals surface area contributed by atoms with Gasteiger partial charge in [-0.15, -0.1) is 0 Å². The van der Waals surface area contributed by atoms with E-state index < -0.39 is 6.10 Å². The molecule has 3 heteroatoms. The van der Waals surface area contributed by atoms with E-state index in [2.05, 4.69) is 38.2 Å². The zero-order valence-corrected chi connectivity index (χ0v) is 16.1. The van der Waals surface area contributed by atoms with E-state index in [1.54, 1.807) is 0 Å². The van der Waals surface area contributed by atoms with Crippen LogP contribution in [0.4, 0.5) is 0 Å². The van der Waals surface area contributed by atoms with Gasteiger partial charge in [-0.25, -0.2) is 0 Å². The highest BCUT2D eigenvalue weighted by molar-refractivity contribution is 5.81. The fraction of sp³-hybridized carbons (Fsp3) is 0.409. The molecule has 0 bridgehead atoms. The molecule has 2 rings (SSSR count). The third kappa shape index (κ3) is 4.62. The third-order valence-electron chi connectivity index (χ3n) is 4.73. The van der Waals surface area contributed by atoms with E-state index in [4.69, 9.17) is 4.74 Å². The zero-order valence-electron chi connectivity index (χ0n) is 16.1. The molecule has 3 nitrogen and oxygen atoms in total. The van der Waals surface area contributed by atoms with E-state index in [9.17, 15) is 4.79 Å². The van der Waals surface area contributed by atoms with Gasteiger partial charge in [0.15, 0.2) is 6.10 Å². The van der Waals surface area contributed by atoms with E-state index >= 15 is 0 Å². The summed E-state index contributed by atoms with van der Waals surface area (Å²) in [6, 6.07) is 12.1. The van der Waals surface area contributed by atoms with E-state index in [0.29, 0.717) is 6.42 Å². The maximum atomic E-state index is 12.7. The molecule has 2 aromatic carbocycles. The number of para-hydroxylation sites is 1. The molecule has 2 atom stereocenters. The number of ether oxygens (including phenoxy) is 1. The summed E-state index contributed by atoms with van der Waals surface area (Å²) in [6.07, 6.45) is 0.133. The van der Waals surface area contributed by atoms with Crippen molar-refractivity contribution in [2.24, 2.45) is 0 Å². The van der Waals surface area contributed by atoms with Gasteiger partial charge in [-0.1, -0.05) is 37.3 Å². The fourth-order valence-electron chi connectivity index (χ4n) is 3.00. The van der Waals surface area contributed by atoms with Crippen LogP contribution in [0.25, 0.3) is 0 Å². The van der Waals surface area contributed by atoms with Gasteiger partial charge in [0.1, 0.15) is 5.75 Å². The molecule has 0 aliphatic heterocycles. The number of amides is 1. The van der Waals surface area contributed by atoms with Crippen LogP contribution in [0.2, 0.25) is 0 Å². The molecule has 0 aromatic heterocycles. The number of rotatable bonds is 6. The molecule has 134 valence electrons. The molecule has 0 heterocycles. The largest absolute Gasteiger partial charge is 0.480 e. The predicted octanol–water partition coefficient (Wildman–Crippen LogP) is 4.96. The summed E-state index contributed by atoms with van der Waals surface area (Å²) in [7, 11) is 0. The Balaban J connectivity index is 2.11. The number of carbonyl (C=O) groups excluding carboxylic acids is 1. The summed E-state index contributed by atoms with van der Waals surface area (Å²) in [5, 5.41) is 3.11. The topological polar surface area (TPSA) is 38.3 Å². The summed E-state index contributed by atoms with van der Waals surface area (Å²) >= 11 is 0. The summed E-state index contributed by atoms with van der Waals surface area (Å²) in [6.45, 7) is 12.3. The molecule has 1 amide bonds. The van der Waals surface area contributed by atoms with Crippen molar-refractivity contribution >= 4 is 5.91 Å². The standard InChI is InChI=1S/C22H29NO2/c1-7-20(25-21-11-9-8-10-14(21)2)22(24)23-18(6)19-13-16(4)15(3)12-17(19)5/h8-13,18,20H,7H2,1-6H3,(H,23,24). The normalized spacial score (nSPS) is 13.2. The van der Waals surface area contributed by atoms with Crippen molar-refractivity contribution < 1.29 is 9.53 Å². The van der Waals surface area contributed by atoms with Crippen LogP contribution in [0, 0.1) is 27.7 Å². The molecule has 25 heavy (non-hydrogen) atoms. The summed E-state index contributed by atoms with van der Waals surface area (Å²) < 4.78 is 5.95. The number of hydrogen-bond acceptors (Lipinski definition) is 2. The van der Waals surface area contributed by atoms with Crippen molar-refractivity contribution in [2.75, 3.05) is 0 Å². The Morgan fingerprint density at radius 1 is 1.00 bits per heavy atom. The van der Waals surface area contributed by atoms with Gasteiger partial charge in [-0.05, 0) is 74.9 Å². The second-order valence-corrected chi connectivity index (χ2v) is 6.80. The molecule has 0 spiro atoms. The van der Waals surface area contributed by atoms with E-state index in [1.807, 2.05) is 45.0 Å². The minimum absolute atomic E-state index is 0.0543. The fourth-order valence-corrected chi connectivity index (χ4v) is 3.00. The maximum Gasteiger partial charge on any atom is 0.261 e. The smallest absolute Gasteiger partial charge is 0.261 e. The molecule has 0 saturated carbocycles. The second-order valence-electron chi connectivity index (χ2n) is 6.80. The first-order valence-corrected chi connectivity index (χ1v) is 8.93. The Hall–Kier alpha value is -2.29. The van der Waals surface area contributed by atoms with Crippen LogP contribution in [0.5, 0.6) is 5.75 Å². The molecule has 0 radical (unpaired) electrons. The van der Waals surface area contributed by atoms with Gasteiger partial charge in [-0.2, -0.15) is 0 Å². The van der Waals surface area contributed by atoms with E-state index in [1.165, 1.54) is 16.7 Å². The minimum atomic E-state index is -0.490. The van der Waals surface area contributed by atoms with Gasteiger partial charge in [-0.3, -0.25) is 4.79 Å². The van der Waals surface area contributed by atoms with E-state index in [0.717, 1.165) is 16.9 Å². The molecule has 1 N–H and O–H groups in total. The SMILES string of the molecule is CCC(Oc1ccccc1C)C(=O)NC(C)c1cc(C)c(C)cc1C. The molecule has 0 aliphatic rings. The number of nitrogens with one attached hydrogen (secondary N) is 1. The maximum absolute atomic E-state index is 12.7. The quantitative estimate of drug-likeness (QED) is 0.808. The Bertz CT molecular complexity index is 752. The average molecular weight is 339 g/mol. The van der Waals surface area contributed by atoms with Gasteiger partial charge in [0.2, 0.25) is 0 Å². The van der Waals surface area contributed by atoms with Crippen molar-refractivity contribution in [3.8, 4) is 5.75 Å². The minimum Gasteiger partial charge on any atom is -0.480 e. The zero-order chi connectivity index (χ0) is 18.6. The number of benzene rings is 2. The number of aryl methyl sites for hydroxylation is 4.